The van der Waals surface area contributed by atoms with Crippen molar-refractivity contribution in [1.29, 1.82) is 0 Å². The van der Waals surface area contributed by atoms with E-state index in [1.165, 1.54) is 0 Å². The van der Waals surface area contributed by atoms with E-state index in [1.807, 2.05) is 56.3 Å². The van der Waals surface area contributed by atoms with E-state index in [2.05, 4.69) is 22.8 Å². The van der Waals surface area contributed by atoms with Crippen molar-refractivity contribution in [2.75, 3.05) is 13.2 Å². The Balaban J connectivity index is 1.65. The average Bonchev–Trinajstić information content (AvgIpc) is 3.14. The Morgan fingerprint density at radius 2 is 1.89 bits per heavy atom. The summed E-state index contributed by atoms with van der Waals surface area (Å²) in [5, 5.41) is 3.99. The Labute approximate surface area is 164 Å². The van der Waals surface area contributed by atoms with Crippen molar-refractivity contribution in [3.63, 3.8) is 0 Å². The van der Waals surface area contributed by atoms with Crippen molar-refractivity contribution in [2.45, 2.75) is 20.4 Å². The second-order valence-electron chi connectivity index (χ2n) is 6.55. The summed E-state index contributed by atoms with van der Waals surface area (Å²) in [5.74, 6) is 1.35. The van der Waals surface area contributed by atoms with Crippen molar-refractivity contribution >= 4 is 5.91 Å². The first-order valence-corrected chi connectivity index (χ1v) is 9.03. The number of aryl methyl sites for hydroxylation is 2. The van der Waals surface area contributed by atoms with E-state index in [-0.39, 0.29) is 19.1 Å². The van der Waals surface area contributed by atoms with Gasteiger partial charge in [0.05, 0.1) is 0 Å². The summed E-state index contributed by atoms with van der Waals surface area (Å²) in [7, 11) is 0. The molecule has 6 heteroatoms. The van der Waals surface area contributed by atoms with E-state index >= 15 is 0 Å². The lowest BCUT2D eigenvalue weighted by Crippen LogP contribution is -2.34. The van der Waals surface area contributed by atoms with Crippen LogP contribution in [-0.2, 0) is 11.3 Å². The van der Waals surface area contributed by atoms with Crippen LogP contribution in [0.15, 0.2) is 65.7 Å². The van der Waals surface area contributed by atoms with Gasteiger partial charge in [-0.2, -0.15) is 4.98 Å². The number of nitrogens with zero attached hydrogens (tertiary/aromatic N) is 3. The van der Waals surface area contributed by atoms with Gasteiger partial charge in [0.15, 0.2) is 6.61 Å². The van der Waals surface area contributed by atoms with Gasteiger partial charge in [-0.15, -0.1) is 6.58 Å². The summed E-state index contributed by atoms with van der Waals surface area (Å²) in [6, 6.07) is 15.4. The summed E-state index contributed by atoms with van der Waals surface area (Å²) >= 11 is 0. The number of benzene rings is 2. The maximum atomic E-state index is 12.6. The lowest BCUT2D eigenvalue weighted by atomic mass is 10.1. The van der Waals surface area contributed by atoms with Gasteiger partial charge >= 0.3 is 0 Å². The van der Waals surface area contributed by atoms with Crippen molar-refractivity contribution in [3.8, 4) is 17.1 Å². The van der Waals surface area contributed by atoms with Gasteiger partial charge in [-0.25, -0.2) is 0 Å². The molecule has 0 bridgehead atoms. The summed E-state index contributed by atoms with van der Waals surface area (Å²) in [6.45, 7) is 8.18. The molecule has 0 saturated heterocycles. The summed E-state index contributed by atoms with van der Waals surface area (Å²) in [6.07, 6.45) is 1.66. The van der Waals surface area contributed by atoms with Crippen molar-refractivity contribution in [1.82, 2.24) is 15.0 Å². The molecule has 0 spiro atoms. The molecular weight excluding hydrogens is 354 g/mol. The highest BCUT2D eigenvalue weighted by Gasteiger charge is 2.18. The van der Waals surface area contributed by atoms with Crippen LogP contribution < -0.4 is 4.74 Å². The van der Waals surface area contributed by atoms with E-state index in [0.717, 1.165) is 16.7 Å². The molecule has 0 aliphatic heterocycles. The van der Waals surface area contributed by atoms with Crippen molar-refractivity contribution in [3.05, 3.63) is 78.2 Å². The minimum absolute atomic E-state index is 0.0730. The molecular formula is C22H23N3O3. The highest BCUT2D eigenvalue weighted by Crippen LogP contribution is 2.17. The predicted octanol–water partition coefficient (Wildman–Crippen LogP) is 3.95. The fourth-order valence-electron chi connectivity index (χ4n) is 2.85. The Kier molecular flexibility index (Phi) is 6.22. The average molecular weight is 377 g/mol. The zero-order valence-corrected chi connectivity index (χ0v) is 16.1. The van der Waals surface area contributed by atoms with Gasteiger partial charge in [0.25, 0.3) is 5.91 Å². The fourth-order valence-corrected chi connectivity index (χ4v) is 2.85. The molecule has 28 heavy (non-hydrogen) atoms. The van der Waals surface area contributed by atoms with Crippen LogP contribution in [0.4, 0.5) is 0 Å². The molecule has 0 atom stereocenters. The number of hydrogen-bond acceptors (Lipinski definition) is 5. The third-order valence-electron chi connectivity index (χ3n) is 4.09. The lowest BCUT2D eigenvalue weighted by Gasteiger charge is -2.19. The molecule has 2 aromatic carbocycles. The molecule has 0 fully saturated rings. The molecule has 0 unspecified atom stereocenters. The van der Waals surface area contributed by atoms with E-state index in [0.29, 0.717) is 24.0 Å². The summed E-state index contributed by atoms with van der Waals surface area (Å²) < 4.78 is 11.0. The van der Waals surface area contributed by atoms with Gasteiger partial charge in [0.2, 0.25) is 11.7 Å². The van der Waals surface area contributed by atoms with Crippen LogP contribution in [0, 0.1) is 13.8 Å². The van der Waals surface area contributed by atoms with Gasteiger partial charge in [-0.3, -0.25) is 4.79 Å². The molecule has 0 radical (unpaired) electrons. The third-order valence-corrected chi connectivity index (χ3v) is 4.09. The number of aromatic nitrogens is 2. The monoisotopic (exact) mass is 377 g/mol. The minimum Gasteiger partial charge on any atom is -0.484 e. The Morgan fingerprint density at radius 1 is 1.18 bits per heavy atom. The second kappa shape index (κ2) is 8.99. The molecule has 3 rings (SSSR count). The maximum absolute atomic E-state index is 12.6. The highest BCUT2D eigenvalue weighted by atomic mass is 16.5. The molecule has 0 aliphatic rings. The predicted molar refractivity (Wildman–Crippen MR) is 107 cm³/mol. The van der Waals surface area contributed by atoms with Gasteiger partial charge < -0.3 is 14.2 Å². The SMILES string of the molecule is C=CCN(Cc1nc(-c2ccccc2)no1)C(=O)COc1cc(C)cc(C)c1. The van der Waals surface area contributed by atoms with Crippen LogP contribution in [0.1, 0.15) is 17.0 Å². The molecule has 6 nitrogen and oxygen atoms in total. The first-order chi connectivity index (χ1) is 13.5. The van der Waals surface area contributed by atoms with Gasteiger partial charge in [-0.1, -0.05) is 47.6 Å². The van der Waals surface area contributed by atoms with Crippen LogP contribution in [-0.4, -0.2) is 34.1 Å². The molecule has 0 saturated carbocycles. The van der Waals surface area contributed by atoms with E-state index in [4.69, 9.17) is 9.26 Å². The molecule has 1 heterocycles. The van der Waals surface area contributed by atoms with Crippen molar-refractivity contribution < 1.29 is 14.1 Å². The second-order valence-corrected chi connectivity index (χ2v) is 6.55. The number of rotatable bonds is 8. The van der Waals surface area contributed by atoms with Gasteiger partial charge in [-0.05, 0) is 37.1 Å². The number of carbonyl (C=O) groups is 1. The molecule has 3 aromatic rings. The van der Waals surface area contributed by atoms with Crippen LogP contribution in [0.2, 0.25) is 0 Å². The number of carbonyl (C=O) groups excluding carboxylic acids is 1. The van der Waals surface area contributed by atoms with E-state index in [9.17, 15) is 4.79 Å². The number of hydrogen-bond donors (Lipinski definition) is 0. The Bertz CT molecular complexity index is 930. The summed E-state index contributed by atoms with van der Waals surface area (Å²) in [5.41, 5.74) is 3.03. The first kappa shape index (κ1) is 19.4. The van der Waals surface area contributed by atoms with Crippen LogP contribution in [0.3, 0.4) is 0 Å². The first-order valence-electron chi connectivity index (χ1n) is 9.03. The van der Waals surface area contributed by atoms with Gasteiger partial charge in [0, 0.05) is 12.1 Å². The smallest absolute Gasteiger partial charge is 0.261 e. The topological polar surface area (TPSA) is 68.5 Å². The van der Waals surface area contributed by atoms with E-state index in [1.54, 1.807) is 11.0 Å². The molecule has 1 aromatic heterocycles. The number of amides is 1. The van der Waals surface area contributed by atoms with E-state index < -0.39 is 0 Å². The molecule has 0 aliphatic carbocycles. The summed E-state index contributed by atoms with van der Waals surface area (Å²) in [4.78, 5) is 18.6. The van der Waals surface area contributed by atoms with Crippen molar-refractivity contribution in [2.24, 2.45) is 0 Å². The zero-order valence-electron chi connectivity index (χ0n) is 16.1. The fraction of sp³-hybridized carbons (Fsp3) is 0.227. The highest BCUT2D eigenvalue weighted by molar-refractivity contribution is 5.77. The molecule has 0 N–H and O–H groups in total. The standard InChI is InChI=1S/C22H23N3O3/c1-4-10-25(21(26)15-27-19-12-16(2)11-17(3)13-19)14-20-23-22(24-28-20)18-8-6-5-7-9-18/h4-9,11-13H,1,10,14-15H2,2-3H3. The third kappa shape index (κ3) is 5.07. The Hall–Kier alpha value is -3.41. The quantitative estimate of drug-likeness (QED) is 0.556. The lowest BCUT2D eigenvalue weighted by molar-refractivity contribution is -0.133. The Morgan fingerprint density at radius 3 is 2.57 bits per heavy atom. The molecule has 1 amide bonds. The normalized spacial score (nSPS) is 10.5. The van der Waals surface area contributed by atoms with Crippen LogP contribution in [0.5, 0.6) is 5.75 Å². The molecule has 144 valence electrons. The van der Waals surface area contributed by atoms with Crippen LogP contribution >= 0.6 is 0 Å². The minimum atomic E-state index is -0.182. The number of ether oxygens (including phenoxy) is 1. The van der Waals surface area contributed by atoms with Crippen LogP contribution in [0.25, 0.3) is 11.4 Å². The zero-order chi connectivity index (χ0) is 19.9. The largest absolute Gasteiger partial charge is 0.484 e. The van der Waals surface area contributed by atoms with Gasteiger partial charge in [0.1, 0.15) is 12.3 Å². The maximum Gasteiger partial charge on any atom is 0.261 e.